The van der Waals surface area contributed by atoms with E-state index >= 15 is 0 Å². The molecule has 1 aromatic rings. The molecule has 2 amide bonds. The summed E-state index contributed by atoms with van der Waals surface area (Å²) in [6, 6.07) is 8.29. The number of benzene rings is 1. The van der Waals surface area contributed by atoms with Crippen LogP contribution in [-0.2, 0) is 11.2 Å². The summed E-state index contributed by atoms with van der Waals surface area (Å²) in [7, 11) is 0. The van der Waals surface area contributed by atoms with E-state index in [9.17, 15) is 9.59 Å². The molecule has 4 heteroatoms. The van der Waals surface area contributed by atoms with Crippen LogP contribution < -0.4 is 5.32 Å². The highest BCUT2D eigenvalue weighted by Crippen LogP contribution is 2.37. The number of nitrogens with one attached hydrogen (secondary N) is 1. The van der Waals surface area contributed by atoms with Crippen molar-refractivity contribution in [3.05, 3.63) is 35.4 Å². The van der Waals surface area contributed by atoms with Gasteiger partial charge in [0.25, 0.3) is 5.91 Å². The fraction of sp³-hybridized carbons (Fsp3) is 0.667. The summed E-state index contributed by atoms with van der Waals surface area (Å²) in [6.45, 7) is 2.00. The standard InChI is InChI=1S/C24H34N2O2/c1-24(23(28)25-19-12-5-2-3-6-13-19)17-18-11-9-10-16-21(18)22(27)26(24)20-14-7-4-8-15-20/h9-11,16,19-20H,2-8,12-15,17H2,1H3,(H,25,28). The molecule has 0 aromatic heterocycles. The monoisotopic (exact) mass is 382 g/mol. The molecule has 0 saturated heterocycles. The highest BCUT2D eigenvalue weighted by atomic mass is 16.2. The lowest BCUT2D eigenvalue weighted by Crippen LogP contribution is -2.66. The summed E-state index contributed by atoms with van der Waals surface area (Å²) >= 11 is 0. The minimum atomic E-state index is -0.792. The van der Waals surface area contributed by atoms with Gasteiger partial charge in [0.15, 0.2) is 0 Å². The Morgan fingerprint density at radius 3 is 2.29 bits per heavy atom. The second-order valence-corrected chi connectivity index (χ2v) is 9.24. The van der Waals surface area contributed by atoms with E-state index in [0.717, 1.165) is 49.7 Å². The number of amides is 2. The molecule has 2 saturated carbocycles. The summed E-state index contributed by atoms with van der Waals surface area (Å²) in [5.74, 6) is 0.0973. The zero-order valence-corrected chi connectivity index (χ0v) is 17.2. The summed E-state index contributed by atoms with van der Waals surface area (Å²) in [5.41, 5.74) is 1.01. The van der Waals surface area contributed by atoms with E-state index in [1.807, 2.05) is 36.1 Å². The van der Waals surface area contributed by atoms with Gasteiger partial charge in [-0.15, -0.1) is 0 Å². The van der Waals surface area contributed by atoms with E-state index in [4.69, 9.17) is 0 Å². The van der Waals surface area contributed by atoms with Crippen molar-refractivity contribution in [2.45, 2.75) is 102 Å². The van der Waals surface area contributed by atoms with Gasteiger partial charge >= 0.3 is 0 Å². The maximum absolute atomic E-state index is 13.6. The lowest BCUT2D eigenvalue weighted by atomic mass is 9.79. The summed E-state index contributed by atoms with van der Waals surface area (Å²) in [4.78, 5) is 29.1. The smallest absolute Gasteiger partial charge is 0.255 e. The number of hydrogen-bond acceptors (Lipinski definition) is 2. The first kappa shape index (κ1) is 19.5. The molecule has 1 atom stereocenters. The minimum absolute atomic E-state index is 0.0484. The van der Waals surface area contributed by atoms with E-state index in [1.54, 1.807) is 0 Å². The fourth-order valence-electron chi connectivity index (χ4n) is 5.56. The third-order valence-corrected chi connectivity index (χ3v) is 7.15. The Morgan fingerprint density at radius 2 is 1.57 bits per heavy atom. The number of carbonyl (C=O) groups excluding carboxylic acids is 2. The molecule has 0 spiro atoms. The molecule has 1 heterocycles. The molecule has 1 aromatic carbocycles. The fourth-order valence-corrected chi connectivity index (χ4v) is 5.56. The van der Waals surface area contributed by atoms with Gasteiger partial charge in [-0.3, -0.25) is 9.59 Å². The summed E-state index contributed by atoms with van der Waals surface area (Å²) < 4.78 is 0. The Balaban J connectivity index is 1.64. The van der Waals surface area contributed by atoms with Gasteiger partial charge in [-0.25, -0.2) is 0 Å². The van der Waals surface area contributed by atoms with Gasteiger partial charge < -0.3 is 10.2 Å². The minimum Gasteiger partial charge on any atom is -0.351 e. The summed E-state index contributed by atoms with van der Waals surface area (Å²) in [5, 5.41) is 3.36. The molecule has 4 rings (SSSR count). The van der Waals surface area contributed by atoms with Crippen LogP contribution in [0, 0.1) is 0 Å². The van der Waals surface area contributed by atoms with Gasteiger partial charge in [0.2, 0.25) is 5.91 Å². The molecule has 28 heavy (non-hydrogen) atoms. The van der Waals surface area contributed by atoms with Crippen LogP contribution >= 0.6 is 0 Å². The lowest BCUT2D eigenvalue weighted by molar-refractivity contribution is -0.134. The molecule has 1 unspecified atom stereocenters. The van der Waals surface area contributed by atoms with Crippen molar-refractivity contribution in [2.75, 3.05) is 0 Å². The lowest BCUT2D eigenvalue weighted by Gasteiger charge is -2.49. The maximum atomic E-state index is 13.6. The quantitative estimate of drug-likeness (QED) is 0.776. The molecule has 2 aliphatic carbocycles. The molecule has 1 N–H and O–H groups in total. The first-order chi connectivity index (χ1) is 13.6. The van der Waals surface area contributed by atoms with Crippen molar-refractivity contribution in [1.82, 2.24) is 10.2 Å². The Labute approximate surface area is 169 Å². The van der Waals surface area contributed by atoms with Gasteiger partial charge in [0.1, 0.15) is 5.54 Å². The Morgan fingerprint density at radius 1 is 0.964 bits per heavy atom. The van der Waals surface area contributed by atoms with Gasteiger partial charge in [-0.1, -0.05) is 63.1 Å². The number of carbonyl (C=O) groups is 2. The largest absolute Gasteiger partial charge is 0.351 e. The third kappa shape index (κ3) is 3.70. The molecular formula is C24H34N2O2. The Kier molecular flexibility index (Phi) is 5.75. The van der Waals surface area contributed by atoms with Crippen molar-refractivity contribution in [2.24, 2.45) is 0 Å². The second-order valence-electron chi connectivity index (χ2n) is 9.24. The molecule has 2 fully saturated rings. The normalized spacial score (nSPS) is 27.2. The maximum Gasteiger partial charge on any atom is 0.255 e. The Bertz CT molecular complexity index is 717. The van der Waals surface area contributed by atoms with Crippen LogP contribution in [0.2, 0.25) is 0 Å². The zero-order chi connectivity index (χ0) is 19.6. The molecule has 152 valence electrons. The average Bonchev–Trinajstić information content (AvgIpc) is 2.97. The van der Waals surface area contributed by atoms with Crippen molar-refractivity contribution >= 4 is 11.8 Å². The van der Waals surface area contributed by atoms with Gasteiger partial charge in [0, 0.05) is 24.1 Å². The molecular weight excluding hydrogens is 348 g/mol. The van der Waals surface area contributed by atoms with E-state index in [-0.39, 0.29) is 23.9 Å². The van der Waals surface area contributed by atoms with Crippen molar-refractivity contribution in [3.8, 4) is 0 Å². The predicted octanol–water partition coefficient (Wildman–Crippen LogP) is 4.62. The van der Waals surface area contributed by atoms with Crippen LogP contribution in [0.5, 0.6) is 0 Å². The van der Waals surface area contributed by atoms with Crippen LogP contribution in [0.1, 0.15) is 93.5 Å². The van der Waals surface area contributed by atoms with Crippen LogP contribution in [-0.4, -0.2) is 34.3 Å². The highest BCUT2D eigenvalue weighted by molar-refractivity contribution is 6.02. The van der Waals surface area contributed by atoms with Crippen LogP contribution in [0.15, 0.2) is 24.3 Å². The van der Waals surface area contributed by atoms with E-state index in [2.05, 4.69) is 5.32 Å². The average molecular weight is 383 g/mol. The third-order valence-electron chi connectivity index (χ3n) is 7.15. The molecule has 4 nitrogen and oxygen atoms in total. The summed E-state index contributed by atoms with van der Waals surface area (Å²) in [6.07, 6.45) is 13.2. The Hall–Kier alpha value is -1.84. The molecule has 0 radical (unpaired) electrons. The highest BCUT2D eigenvalue weighted by Gasteiger charge is 2.49. The predicted molar refractivity (Wildman–Crippen MR) is 111 cm³/mol. The van der Waals surface area contributed by atoms with Crippen LogP contribution in [0.3, 0.4) is 0 Å². The second kappa shape index (κ2) is 8.26. The van der Waals surface area contributed by atoms with Crippen LogP contribution in [0.4, 0.5) is 0 Å². The van der Waals surface area contributed by atoms with E-state index < -0.39 is 5.54 Å². The van der Waals surface area contributed by atoms with E-state index in [1.165, 1.54) is 32.1 Å². The van der Waals surface area contributed by atoms with Gasteiger partial charge in [0.05, 0.1) is 0 Å². The van der Waals surface area contributed by atoms with Crippen molar-refractivity contribution < 1.29 is 9.59 Å². The zero-order valence-electron chi connectivity index (χ0n) is 17.2. The number of fused-ring (bicyclic) bond motifs is 1. The first-order valence-electron chi connectivity index (χ1n) is 11.3. The van der Waals surface area contributed by atoms with E-state index in [0.29, 0.717) is 6.42 Å². The van der Waals surface area contributed by atoms with Crippen molar-refractivity contribution in [3.63, 3.8) is 0 Å². The SMILES string of the molecule is CC1(C(=O)NC2CCCCCC2)Cc2ccccc2C(=O)N1C1CCCCC1. The molecule has 1 aliphatic heterocycles. The van der Waals surface area contributed by atoms with Crippen LogP contribution in [0.25, 0.3) is 0 Å². The van der Waals surface area contributed by atoms with Gasteiger partial charge in [-0.2, -0.15) is 0 Å². The van der Waals surface area contributed by atoms with Crippen molar-refractivity contribution in [1.29, 1.82) is 0 Å². The number of hydrogen-bond donors (Lipinski definition) is 1. The van der Waals surface area contributed by atoms with Gasteiger partial charge in [-0.05, 0) is 44.2 Å². The molecule has 0 bridgehead atoms. The number of nitrogens with zero attached hydrogens (tertiary/aromatic N) is 1. The first-order valence-corrected chi connectivity index (χ1v) is 11.3. The molecule has 3 aliphatic rings. The number of rotatable bonds is 3. The topological polar surface area (TPSA) is 49.4 Å².